The number of esters is 3. The Balaban J connectivity index is 2.50. The third-order valence-electron chi connectivity index (χ3n) is 4.19. The zero-order valence-electron chi connectivity index (χ0n) is 17.6. The third-order valence-corrected chi connectivity index (χ3v) is 4.49. The van der Waals surface area contributed by atoms with E-state index in [-0.39, 0.29) is 23.0 Å². The highest BCUT2D eigenvalue weighted by atomic mass is 35.5. The monoisotopic (exact) mass is 486 g/mol. The Labute approximate surface area is 191 Å². The first kappa shape index (κ1) is 25.6. The van der Waals surface area contributed by atoms with Gasteiger partial charge in [0.25, 0.3) is 5.69 Å². The number of azide groups is 1. The largest absolute Gasteiger partial charge is 0.459 e. The van der Waals surface area contributed by atoms with Crippen LogP contribution in [0.25, 0.3) is 10.4 Å². The highest BCUT2D eigenvalue weighted by molar-refractivity contribution is 6.32. The second kappa shape index (κ2) is 11.3. The number of ether oxygens (including phenoxy) is 5. The van der Waals surface area contributed by atoms with Gasteiger partial charge in [0.15, 0.2) is 12.2 Å². The lowest BCUT2D eigenvalue weighted by atomic mass is 9.97. The molecule has 1 fully saturated rings. The van der Waals surface area contributed by atoms with Crippen LogP contribution in [0.4, 0.5) is 5.69 Å². The fourth-order valence-corrected chi connectivity index (χ4v) is 3.26. The molecule has 5 atom stereocenters. The van der Waals surface area contributed by atoms with Gasteiger partial charge in [0.05, 0.1) is 16.5 Å². The van der Waals surface area contributed by atoms with Crippen molar-refractivity contribution in [2.75, 3.05) is 6.54 Å². The van der Waals surface area contributed by atoms with Crippen LogP contribution in [0, 0.1) is 10.1 Å². The number of benzene rings is 1. The fourth-order valence-electron chi connectivity index (χ4n) is 3.04. The number of rotatable bonds is 8. The van der Waals surface area contributed by atoms with Crippen molar-refractivity contribution in [1.82, 2.24) is 0 Å². The van der Waals surface area contributed by atoms with Gasteiger partial charge in [-0.25, -0.2) is 0 Å². The number of hydrogen-bond donors (Lipinski definition) is 0. The number of nitro groups is 1. The van der Waals surface area contributed by atoms with E-state index < -0.39 is 53.5 Å². The Morgan fingerprint density at radius 2 is 1.70 bits per heavy atom. The summed E-state index contributed by atoms with van der Waals surface area (Å²) >= 11 is 6.07. The Hall–Kier alpha value is -3.61. The topological polar surface area (TPSA) is 189 Å². The molecule has 0 N–H and O–H groups in total. The SMILES string of the molecule is CC(=O)O[C@@H]1[C@@H](OC(C)=O)[C@H](Oc2ccc([N+](=O)[O-])cc2Cl)O[C@H](CN=[N+]=[N-])[C@H]1OC(C)=O. The first-order valence-corrected chi connectivity index (χ1v) is 9.69. The first-order chi connectivity index (χ1) is 15.5. The van der Waals surface area contributed by atoms with Crippen molar-refractivity contribution in [3.63, 3.8) is 0 Å². The van der Waals surface area contributed by atoms with Gasteiger partial charge in [0.2, 0.25) is 12.4 Å². The van der Waals surface area contributed by atoms with Gasteiger partial charge >= 0.3 is 17.9 Å². The highest BCUT2D eigenvalue weighted by Gasteiger charge is 2.52. The molecule has 2 rings (SSSR count). The summed E-state index contributed by atoms with van der Waals surface area (Å²) in [6.45, 7) is 2.88. The van der Waals surface area contributed by atoms with E-state index in [2.05, 4.69) is 10.0 Å². The van der Waals surface area contributed by atoms with E-state index in [1.165, 1.54) is 6.07 Å². The van der Waals surface area contributed by atoms with Crippen LogP contribution in [0.15, 0.2) is 23.3 Å². The number of hydrogen-bond acceptors (Lipinski definition) is 11. The Bertz CT molecular complexity index is 983. The van der Waals surface area contributed by atoms with Crippen LogP contribution in [0.3, 0.4) is 0 Å². The van der Waals surface area contributed by atoms with Crippen molar-refractivity contribution in [2.24, 2.45) is 5.11 Å². The standard InChI is InChI=1S/C18H19ClN4O10/c1-8(24)29-15-14(7-21-22-20)33-18(17(31-10(3)26)16(15)30-9(2)25)32-13-5-4-11(23(27)28)6-12(13)19/h4-6,14-18H,7H2,1-3H3/t14-,15-,16+,17-,18-/m1/s1. The van der Waals surface area contributed by atoms with Crippen LogP contribution in [0.1, 0.15) is 20.8 Å². The maximum Gasteiger partial charge on any atom is 0.303 e. The summed E-state index contributed by atoms with van der Waals surface area (Å²) in [6, 6.07) is 3.34. The van der Waals surface area contributed by atoms with Crippen LogP contribution in [0.5, 0.6) is 5.75 Å². The maximum absolute atomic E-state index is 11.8. The van der Waals surface area contributed by atoms with Gasteiger partial charge < -0.3 is 23.7 Å². The molecule has 0 spiro atoms. The van der Waals surface area contributed by atoms with Crippen molar-refractivity contribution in [3.05, 3.63) is 43.8 Å². The first-order valence-electron chi connectivity index (χ1n) is 9.32. The molecule has 0 aromatic heterocycles. The molecule has 0 amide bonds. The molecule has 1 heterocycles. The second-order valence-electron chi connectivity index (χ2n) is 6.67. The lowest BCUT2D eigenvalue weighted by molar-refractivity contribution is -0.384. The summed E-state index contributed by atoms with van der Waals surface area (Å²) in [5, 5.41) is 14.2. The van der Waals surface area contributed by atoms with E-state index in [1.54, 1.807) is 0 Å². The summed E-state index contributed by atoms with van der Waals surface area (Å²) in [5.41, 5.74) is 8.39. The van der Waals surface area contributed by atoms with Crippen molar-refractivity contribution in [1.29, 1.82) is 0 Å². The molecular formula is C18H19ClN4O10. The van der Waals surface area contributed by atoms with E-state index in [1.807, 2.05) is 0 Å². The number of carbonyl (C=O) groups is 3. The summed E-state index contributed by atoms with van der Waals surface area (Å²) in [6.07, 6.45) is -6.87. The molecule has 1 aliphatic rings. The molecule has 0 unspecified atom stereocenters. The Kier molecular flexibility index (Phi) is 8.79. The third kappa shape index (κ3) is 6.94. The van der Waals surface area contributed by atoms with Gasteiger partial charge in [-0.2, -0.15) is 0 Å². The van der Waals surface area contributed by atoms with E-state index in [0.29, 0.717) is 0 Å². The molecule has 178 valence electrons. The minimum Gasteiger partial charge on any atom is -0.459 e. The summed E-state index contributed by atoms with van der Waals surface area (Å²) < 4.78 is 27.2. The molecule has 0 radical (unpaired) electrons. The highest BCUT2D eigenvalue weighted by Crippen LogP contribution is 2.34. The minimum atomic E-state index is -1.50. The fraction of sp³-hybridized carbons (Fsp3) is 0.500. The Morgan fingerprint density at radius 1 is 1.12 bits per heavy atom. The molecular weight excluding hydrogens is 468 g/mol. The molecule has 0 bridgehead atoms. The zero-order chi connectivity index (χ0) is 24.7. The summed E-state index contributed by atoms with van der Waals surface area (Å²) in [7, 11) is 0. The van der Waals surface area contributed by atoms with E-state index in [0.717, 1.165) is 32.9 Å². The molecule has 1 saturated heterocycles. The normalized spacial score (nSPS) is 24.1. The minimum absolute atomic E-state index is 0.0838. The van der Waals surface area contributed by atoms with Crippen LogP contribution in [0.2, 0.25) is 5.02 Å². The average Bonchev–Trinajstić information content (AvgIpc) is 2.71. The summed E-state index contributed by atoms with van der Waals surface area (Å²) in [5.74, 6) is -2.46. The predicted molar refractivity (Wildman–Crippen MR) is 108 cm³/mol. The lowest BCUT2D eigenvalue weighted by Crippen LogP contribution is -2.63. The number of carbonyl (C=O) groups excluding carboxylic acids is 3. The van der Waals surface area contributed by atoms with Crippen LogP contribution >= 0.6 is 11.6 Å². The molecule has 14 nitrogen and oxygen atoms in total. The lowest BCUT2D eigenvalue weighted by Gasteiger charge is -2.44. The molecule has 0 aliphatic carbocycles. The quantitative estimate of drug-likeness (QED) is 0.100. The van der Waals surface area contributed by atoms with Crippen molar-refractivity contribution >= 4 is 35.2 Å². The van der Waals surface area contributed by atoms with Gasteiger partial charge in [0.1, 0.15) is 11.9 Å². The van der Waals surface area contributed by atoms with Gasteiger partial charge in [-0.3, -0.25) is 24.5 Å². The van der Waals surface area contributed by atoms with E-state index in [9.17, 15) is 24.5 Å². The smallest absolute Gasteiger partial charge is 0.303 e. The molecule has 1 aromatic carbocycles. The van der Waals surface area contributed by atoms with Gasteiger partial charge in [-0.1, -0.05) is 16.7 Å². The average molecular weight is 487 g/mol. The van der Waals surface area contributed by atoms with Crippen molar-refractivity contribution in [3.8, 4) is 5.75 Å². The zero-order valence-corrected chi connectivity index (χ0v) is 18.3. The number of nitrogens with zero attached hydrogens (tertiary/aromatic N) is 4. The van der Waals surface area contributed by atoms with Gasteiger partial charge in [-0.05, 0) is 11.6 Å². The molecule has 15 heteroatoms. The van der Waals surface area contributed by atoms with Gasteiger partial charge in [-0.15, -0.1) is 0 Å². The number of non-ortho nitro benzene ring substituents is 1. The van der Waals surface area contributed by atoms with Crippen LogP contribution in [-0.4, -0.2) is 60.1 Å². The summed E-state index contributed by atoms with van der Waals surface area (Å²) in [4.78, 5) is 48.1. The van der Waals surface area contributed by atoms with Gasteiger partial charge in [0, 0.05) is 37.8 Å². The van der Waals surface area contributed by atoms with Crippen LogP contribution in [-0.2, 0) is 33.3 Å². The number of nitro benzene ring substituents is 1. The molecule has 1 aliphatic heterocycles. The molecule has 1 aromatic rings. The Morgan fingerprint density at radius 3 is 2.21 bits per heavy atom. The van der Waals surface area contributed by atoms with Crippen molar-refractivity contribution in [2.45, 2.75) is 51.5 Å². The van der Waals surface area contributed by atoms with Crippen molar-refractivity contribution < 1.29 is 43.0 Å². The van der Waals surface area contributed by atoms with Crippen LogP contribution < -0.4 is 4.74 Å². The molecule has 0 saturated carbocycles. The van der Waals surface area contributed by atoms with E-state index >= 15 is 0 Å². The maximum atomic E-state index is 11.8. The predicted octanol–water partition coefficient (Wildman–Crippen LogP) is 2.46. The molecule has 33 heavy (non-hydrogen) atoms. The second-order valence-corrected chi connectivity index (χ2v) is 7.08. The number of halogens is 1. The van der Waals surface area contributed by atoms with E-state index in [4.69, 9.17) is 40.8 Å².